The van der Waals surface area contributed by atoms with Gasteiger partial charge in [-0.25, -0.2) is 0 Å². The third-order valence-electron chi connectivity index (χ3n) is 1.44. The summed E-state index contributed by atoms with van der Waals surface area (Å²) >= 11 is 1.23. The molecule has 3 N–H and O–H groups in total. The first-order valence-electron chi connectivity index (χ1n) is 3.83. The molecule has 1 aromatic heterocycles. The first kappa shape index (κ1) is 10.0. The quantitative estimate of drug-likeness (QED) is 0.666. The summed E-state index contributed by atoms with van der Waals surface area (Å²) in [5.41, 5.74) is 0. The fourth-order valence-corrected chi connectivity index (χ4v) is 1.73. The Morgan fingerprint density at radius 2 is 2.38 bits per heavy atom. The average Bonchev–Trinajstić information content (AvgIpc) is 2.41. The maximum Gasteiger partial charge on any atom is 0.265 e. The minimum absolute atomic E-state index is 0.00191. The normalized spacial score (nSPS) is 10.0. The highest BCUT2D eigenvalue weighted by Crippen LogP contribution is 2.26. The predicted octanol–water partition coefficient (Wildman–Crippen LogP) is 0.484. The maximum atomic E-state index is 11.3. The molecule has 1 rings (SSSR count). The molecule has 0 unspecified atom stereocenters. The largest absolute Gasteiger partial charge is 0.506 e. The van der Waals surface area contributed by atoms with E-state index >= 15 is 0 Å². The number of nitrogens with one attached hydrogen (secondary N) is 1. The van der Waals surface area contributed by atoms with Gasteiger partial charge in [-0.15, -0.1) is 11.3 Å². The highest BCUT2D eigenvalue weighted by atomic mass is 32.1. The van der Waals surface area contributed by atoms with E-state index in [2.05, 4.69) is 5.32 Å². The summed E-state index contributed by atoms with van der Waals surface area (Å²) in [5, 5.41) is 20.2. The van der Waals surface area contributed by atoms with Crippen molar-refractivity contribution in [2.24, 2.45) is 0 Å². The van der Waals surface area contributed by atoms with E-state index in [1.807, 2.05) is 6.92 Å². The lowest BCUT2D eigenvalue weighted by Crippen LogP contribution is -2.25. The molecule has 0 saturated carbocycles. The molecule has 0 bridgehead atoms. The molecule has 72 valence electrons. The Hall–Kier alpha value is -1.07. The fourth-order valence-electron chi connectivity index (χ4n) is 0.913. The van der Waals surface area contributed by atoms with E-state index in [9.17, 15) is 9.90 Å². The predicted molar refractivity (Wildman–Crippen MR) is 50.1 cm³/mol. The Morgan fingerprint density at radius 1 is 1.69 bits per heavy atom. The third-order valence-corrected chi connectivity index (χ3v) is 2.48. The summed E-state index contributed by atoms with van der Waals surface area (Å²) in [6.07, 6.45) is 0. The van der Waals surface area contributed by atoms with Gasteiger partial charge in [0.1, 0.15) is 10.6 Å². The number of hydrogen-bond acceptors (Lipinski definition) is 4. The second-order valence-electron chi connectivity index (χ2n) is 2.55. The van der Waals surface area contributed by atoms with Gasteiger partial charge in [-0.3, -0.25) is 4.79 Å². The molecule has 1 aromatic rings. The van der Waals surface area contributed by atoms with Crippen LogP contribution in [0.3, 0.4) is 0 Å². The van der Waals surface area contributed by atoms with Crippen LogP contribution >= 0.6 is 11.3 Å². The van der Waals surface area contributed by atoms with E-state index in [4.69, 9.17) is 5.11 Å². The Labute approximate surface area is 79.8 Å². The van der Waals surface area contributed by atoms with Crippen molar-refractivity contribution in [3.8, 4) is 5.75 Å². The number of amides is 1. The van der Waals surface area contributed by atoms with Crippen LogP contribution in [0.2, 0.25) is 0 Å². The Bertz CT molecular complexity index is 308. The van der Waals surface area contributed by atoms with Crippen LogP contribution in [-0.4, -0.2) is 29.3 Å². The second-order valence-corrected chi connectivity index (χ2v) is 3.81. The van der Waals surface area contributed by atoms with E-state index in [0.29, 0.717) is 4.88 Å². The lowest BCUT2D eigenvalue weighted by Gasteiger charge is -1.99. The molecular formula is C8H11NO3S. The van der Waals surface area contributed by atoms with E-state index in [-0.39, 0.29) is 24.8 Å². The monoisotopic (exact) mass is 201 g/mol. The van der Waals surface area contributed by atoms with Crippen molar-refractivity contribution >= 4 is 17.2 Å². The third kappa shape index (κ3) is 2.43. The molecule has 0 radical (unpaired) electrons. The van der Waals surface area contributed by atoms with Crippen molar-refractivity contribution in [3.63, 3.8) is 0 Å². The molecule has 5 heteroatoms. The van der Waals surface area contributed by atoms with Gasteiger partial charge < -0.3 is 15.5 Å². The van der Waals surface area contributed by atoms with Crippen LogP contribution < -0.4 is 5.32 Å². The molecule has 1 heterocycles. The summed E-state index contributed by atoms with van der Waals surface area (Å²) in [4.78, 5) is 12.4. The van der Waals surface area contributed by atoms with Gasteiger partial charge in [0.25, 0.3) is 5.91 Å². The van der Waals surface area contributed by atoms with E-state index in [1.165, 1.54) is 11.3 Å². The highest BCUT2D eigenvalue weighted by Gasteiger charge is 2.13. The zero-order chi connectivity index (χ0) is 9.84. The number of carbonyl (C=O) groups excluding carboxylic acids is 1. The number of hydrogen-bond donors (Lipinski definition) is 3. The molecule has 0 aliphatic rings. The zero-order valence-corrected chi connectivity index (χ0v) is 8.02. The summed E-state index contributed by atoms with van der Waals surface area (Å²) in [6.45, 7) is 1.92. The molecular weight excluding hydrogens is 190 g/mol. The van der Waals surface area contributed by atoms with Crippen LogP contribution in [-0.2, 0) is 0 Å². The molecule has 0 fully saturated rings. The Kier molecular flexibility index (Phi) is 3.27. The first-order valence-corrected chi connectivity index (χ1v) is 4.65. The topological polar surface area (TPSA) is 69.6 Å². The number of rotatable bonds is 3. The Balaban J connectivity index is 2.70. The summed E-state index contributed by atoms with van der Waals surface area (Å²) in [7, 11) is 0. The molecule has 0 aromatic carbocycles. The van der Waals surface area contributed by atoms with Gasteiger partial charge in [-0.2, -0.15) is 0 Å². The van der Waals surface area contributed by atoms with Gasteiger partial charge in [0.2, 0.25) is 0 Å². The maximum absolute atomic E-state index is 11.3. The lowest BCUT2D eigenvalue weighted by molar-refractivity contribution is 0.0946. The van der Waals surface area contributed by atoms with Crippen molar-refractivity contribution in [3.05, 3.63) is 15.8 Å². The van der Waals surface area contributed by atoms with Crippen molar-refractivity contribution in [1.29, 1.82) is 0 Å². The van der Waals surface area contributed by atoms with Crippen molar-refractivity contribution < 1.29 is 15.0 Å². The number of aliphatic hydroxyl groups excluding tert-OH is 1. The van der Waals surface area contributed by atoms with Crippen LogP contribution in [0, 0.1) is 6.92 Å². The summed E-state index contributed by atoms with van der Waals surface area (Å²) in [5.74, 6) is -0.345. The molecule has 1 amide bonds. The average molecular weight is 201 g/mol. The van der Waals surface area contributed by atoms with Crippen molar-refractivity contribution in [2.75, 3.05) is 13.2 Å². The van der Waals surface area contributed by atoms with E-state index < -0.39 is 0 Å². The zero-order valence-electron chi connectivity index (χ0n) is 7.20. The van der Waals surface area contributed by atoms with E-state index in [0.717, 1.165) is 4.88 Å². The van der Waals surface area contributed by atoms with Gasteiger partial charge in [-0.1, -0.05) is 0 Å². The Morgan fingerprint density at radius 3 is 2.85 bits per heavy atom. The van der Waals surface area contributed by atoms with Crippen LogP contribution in [0.15, 0.2) is 6.07 Å². The first-order chi connectivity index (χ1) is 6.15. The van der Waals surface area contributed by atoms with Crippen LogP contribution in [0.5, 0.6) is 5.75 Å². The fraction of sp³-hybridized carbons (Fsp3) is 0.375. The van der Waals surface area contributed by atoms with Crippen molar-refractivity contribution in [1.82, 2.24) is 5.32 Å². The minimum Gasteiger partial charge on any atom is -0.506 e. The molecule has 4 nitrogen and oxygen atoms in total. The minimum atomic E-state index is -0.343. The number of carbonyl (C=O) groups is 1. The van der Waals surface area contributed by atoms with Crippen molar-refractivity contribution in [2.45, 2.75) is 6.92 Å². The van der Waals surface area contributed by atoms with Crippen LogP contribution in [0.1, 0.15) is 14.5 Å². The number of aliphatic hydroxyl groups is 1. The van der Waals surface area contributed by atoms with Crippen LogP contribution in [0.25, 0.3) is 0 Å². The van der Waals surface area contributed by atoms with Gasteiger partial charge in [0.05, 0.1) is 6.61 Å². The lowest BCUT2D eigenvalue weighted by atomic mass is 10.4. The number of thiophene rings is 1. The standard InChI is InChI=1S/C8H11NO3S/c1-5-4-6(11)7(13-5)8(12)9-2-3-10/h4,10-11H,2-3H2,1H3,(H,9,12). The molecule has 13 heavy (non-hydrogen) atoms. The van der Waals surface area contributed by atoms with Gasteiger partial charge in [0, 0.05) is 11.4 Å². The van der Waals surface area contributed by atoms with E-state index in [1.54, 1.807) is 6.07 Å². The molecule has 0 spiro atoms. The van der Waals surface area contributed by atoms with Gasteiger partial charge in [0.15, 0.2) is 0 Å². The molecule has 0 aliphatic carbocycles. The van der Waals surface area contributed by atoms with Crippen LogP contribution in [0.4, 0.5) is 0 Å². The highest BCUT2D eigenvalue weighted by molar-refractivity contribution is 7.14. The smallest absolute Gasteiger partial charge is 0.265 e. The second kappa shape index (κ2) is 4.25. The molecule has 0 atom stereocenters. The SMILES string of the molecule is Cc1cc(O)c(C(=O)NCCO)s1. The van der Waals surface area contributed by atoms with Gasteiger partial charge in [-0.05, 0) is 13.0 Å². The van der Waals surface area contributed by atoms with Gasteiger partial charge >= 0.3 is 0 Å². The molecule has 0 saturated heterocycles. The molecule has 0 aliphatic heterocycles. The number of aromatic hydroxyl groups is 1. The summed E-state index contributed by atoms with van der Waals surface area (Å²) < 4.78 is 0. The summed E-state index contributed by atoms with van der Waals surface area (Å²) in [6, 6.07) is 1.54. The number of aryl methyl sites for hydroxylation is 1.